The summed E-state index contributed by atoms with van der Waals surface area (Å²) in [5.41, 5.74) is 6.53. The van der Waals surface area contributed by atoms with Crippen molar-refractivity contribution in [1.29, 1.82) is 0 Å². The van der Waals surface area contributed by atoms with Gasteiger partial charge in [-0.05, 0) is 19.8 Å². The Hall–Kier alpha value is -1.19. The molecule has 2 rings (SSSR count). The number of nitrogens with two attached hydrogens (primary N) is 1. The van der Waals surface area contributed by atoms with Crippen molar-refractivity contribution in [3.05, 3.63) is 15.9 Å². The fourth-order valence-electron chi connectivity index (χ4n) is 1.72. The molecule has 0 radical (unpaired) electrons. The maximum Gasteiger partial charge on any atom is 0.271 e. The van der Waals surface area contributed by atoms with E-state index >= 15 is 0 Å². The Balaban J connectivity index is 2.68. The Morgan fingerprint density at radius 1 is 1.25 bits per heavy atom. The highest BCUT2D eigenvalue weighted by Crippen LogP contribution is 2.13. The van der Waals surface area contributed by atoms with Crippen LogP contribution in [0, 0.1) is 6.92 Å². The summed E-state index contributed by atoms with van der Waals surface area (Å²) < 4.78 is 3.63. The van der Waals surface area contributed by atoms with E-state index in [-0.39, 0.29) is 5.56 Å². The first kappa shape index (κ1) is 7.46. The maximum absolute atomic E-state index is 11.5. The third-order valence-electron chi connectivity index (χ3n) is 2.50. The molecular weight excluding hydrogens is 154 g/mol. The average Bonchev–Trinajstić information content (AvgIpc) is 2.33. The van der Waals surface area contributed by atoms with Crippen LogP contribution in [0.2, 0.25) is 0 Å². The number of hydrogen-bond donors (Lipinski definition) is 1. The van der Waals surface area contributed by atoms with Gasteiger partial charge in [-0.25, -0.2) is 4.68 Å². The van der Waals surface area contributed by atoms with Crippen molar-refractivity contribution < 1.29 is 0 Å². The van der Waals surface area contributed by atoms with Crippen LogP contribution < -0.4 is 11.3 Å². The van der Waals surface area contributed by atoms with Gasteiger partial charge >= 0.3 is 0 Å². The largest absolute Gasteiger partial charge is 0.384 e. The predicted octanol–water partition coefficient (Wildman–Crippen LogP) is 0.334. The Kier molecular flexibility index (Phi) is 1.49. The van der Waals surface area contributed by atoms with Crippen LogP contribution in [0.25, 0.3) is 0 Å². The Bertz CT molecular complexity index is 361. The van der Waals surface area contributed by atoms with Gasteiger partial charge in [0.25, 0.3) is 5.56 Å². The number of rotatable bonds is 0. The molecule has 12 heavy (non-hydrogen) atoms. The van der Waals surface area contributed by atoms with E-state index in [1.807, 2.05) is 4.68 Å². The summed E-state index contributed by atoms with van der Waals surface area (Å²) >= 11 is 0. The van der Waals surface area contributed by atoms with Gasteiger partial charge in [-0.2, -0.15) is 0 Å². The Morgan fingerprint density at radius 3 is 2.42 bits per heavy atom. The van der Waals surface area contributed by atoms with Crippen molar-refractivity contribution in [3.63, 3.8) is 0 Å². The molecule has 0 atom stereocenters. The molecule has 66 valence electrons. The quantitative estimate of drug-likeness (QED) is 0.605. The molecular formula is C8H13N3O. The number of fused-ring (bicyclic) bond motifs is 1. The van der Waals surface area contributed by atoms with E-state index in [1.54, 1.807) is 11.6 Å². The first-order valence-electron chi connectivity index (χ1n) is 4.27. The normalized spacial score (nSPS) is 16.1. The summed E-state index contributed by atoms with van der Waals surface area (Å²) in [7, 11) is 0. The molecule has 0 fully saturated rings. The second-order valence-corrected chi connectivity index (χ2v) is 3.27. The lowest BCUT2D eigenvalue weighted by molar-refractivity contribution is 0.360. The van der Waals surface area contributed by atoms with Crippen molar-refractivity contribution in [1.82, 2.24) is 9.36 Å². The third-order valence-corrected chi connectivity index (χ3v) is 2.50. The monoisotopic (exact) mass is 167 g/mol. The standard InChI is InChI=1S/C8H13N3O/c1-6-7(9)10-4-2-3-5-11(10)8(6)12/h2-5,9H2,1H3. The van der Waals surface area contributed by atoms with Gasteiger partial charge < -0.3 is 5.73 Å². The minimum Gasteiger partial charge on any atom is -0.384 e. The number of nitrogens with zero attached hydrogens (tertiary/aromatic N) is 2. The number of nitrogen functional groups attached to an aromatic ring is 1. The number of hydrogen-bond acceptors (Lipinski definition) is 2. The summed E-state index contributed by atoms with van der Waals surface area (Å²) in [6.45, 7) is 3.49. The molecule has 1 aliphatic rings. The van der Waals surface area contributed by atoms with E-state index in [0.29, 0.717) is 11.4 Å². The molecule has 2 heterocycles. The average molecular weight is 167 g/mol. The van der Waals surface area contributed by atoms with Gasteiger partial charge in [0.2, 0.25) is 0 Å². The van der Waals surface area contributed by atoms with E-state index in [9.17, 15) is 4.79 Å². The lowest BCUT2D eigenvalue weighted by atomic mass is 10.3. The van der Waals surface area contributed by atoms with Crippen molar-refractivity contribution in [3.8, 4) is 0 Å². The molecule has 0 aliphatic carbocycles. The van der Waals surface area contributed by atoms with Crippen LogP contribution >= 0.6 is 0 Å². The van der Waals surface area contributed by atoms with E-state index in [1.165, 1.54) is 0 Å². The van der Waals surface area contributed by atoms with Crippen LogP contribution in [0.3, 0.4) is 0 Å². The second kappa shape index (κ2) is 2.40. The van der Waals surface area contributed by atoms with E-state index in [0.717, 1.165) is 25.9 Å². The summed E-state index contributed by atoms with van der Waals surface area (Å²) in [5.74, 6) is 0.639. The number of anilines is 1. The van der Waals surface area contributed by atoms with Crippen LogP contribution in [-0.4, -0.2) is 9.36 Å². The van der Waals surface area contributed by atoms with Crippen LogP contribution in [0.15, 0.2) is 4.79 Å². The predicted molar refractivity (Wildman–Crippen MR) is 47.1 cm³/mol. The van der Waals surface area contributed by atoms with Crippen LogP contribution in [0.1, 0.15) is 18.4 Å². The minimum atomic E-state index is 0.0761. The first-order chi connectivity index (χ1) is 5.72. The SMILES string of the molecule is Cc1c(N)n2n(c1=O)CCCC2. The second-order valence-electron chi connectivity index (χ2n) is 3.27. The zero-order chi connectivity index (χ0) is 8.72. The van der Waals surface area contributed by atoms with E-state index in [4.69, 9.17) is 5.73 Å². The third kappa shape index (κ3) is 0.807. The molecule has 1 aliphatic heterocycles. The highest BCUT2D eigenvalue weighted by molar-refractivity contribution is 5.38. The van der Waals surface area contributed by atoms with Gasteiger partial charge in [-0.1, -0.05) is 0 Å². The molecule has 0 bridgehead atoms. The van der Waals surface area contributed by atoms with Gasteiger partial charge in [0.15, 0.2) is 0 Å². The molecule has 0 amide bonds. The van der Waals surface area contributed by atoms with Crippen LogP contribution in [0.4, 0.5) is 5.82 Å². The summed E-state index contributed by atoms with van der Waals surface area (Å²) in [6, 6.07) is 0. The highest BCUT2D eigenvalue weighted by atomic mass is 16.1. The molecule has 0 unspecified atom stereocenters. The lowest BCUT2D eigenvalue weighted by Gasteiger charge is -2.17. The topological polar surface area (TPSA) is 52.9 Å². The molecule has 0 spiro atoms. The van der Waals surface area contributed by atoms with Gasteiger partial charge in [0.05, 0.1) is 5.56 Å². The smallest absolute Gasteiger partial charge is 0.271 e. The molecule has 0 saturated heterocycles. The zero-order valence-corrected chi connectivity index (χ0v) is 7.21. The fraction of sp³-hybridized carbons (Fsp3) is 0.625. The summed E-state index contributed by atoms with van der Waals surface area (Å²) in [6.07, 6.45) is 2.21. The van der Waals surface area contributed by atoms with Crippen molar-refractivity contribution >= 4 is 5.82 Å². The van der Waals surface area contributed by atoms with Crippen LogP contribution in [0.5, 0.6) is 0 Å². The maximum atomic E-state index is 11.5. The lowest BCUT2D eigenvalue weighted by Crippen LogP contribution is -2.27. The Morgan fingerprint density at radius 2 is 1.83 bits per heavy atom. The van der Waals surface area contributed by atoms with Crippen molar-refractivity contribution in [2.75, 3.05) is 5.73 Å². The van der Waals surface area contributed by atoms with Gasteiger partial charge in [0, 0.05) is 13.1 Å². The molecule has 1 aromatic heterocycles. The minimum absolute atomic E-state index is 0.0761. The highest BCUT2D eigenvalue weighted by Gasteiger charge is 2.16. The first-order valence-corrected chi connectivity index (χ1v) is 4.27. The molecule has 2 N–H and O–H groups in total. The molecule has 4 heteroatoms. The van der Waals surface area contributed by atoms with Gasteiger partial charge in [-0.3, -0.25) is 9.48 Å². The fourth-order valence-corrected chi connectivity index (χ4v) is 1.72. The van der Waals surface area contributed by atoms with Crippen molar-refractivity contribution in [2.45, 2.75) is 32.9 Å². The van der Waals surface area contributed by atoms with Crippen LogP contribution in [-0.2, 0) is 13.1 Å². The van der Waals surface area contributed by atoms with Crippen molar-refractivity contribution in [2.24, 2.45) is 0 Å². The van der Waals surface area contributed by atoms with E-state index < -0.39 is 0 Å². The van der Waals surface area contributed by atoms with E-state index in [2.05, 4.69) is 0 Å². The molecule has 4 nitrogen and oxygen atoms in total. The molecule has 0 saturated carbocycles. The summed E-state index contributed by atoms with van der Waals surface area (Å²) in [5, 5.41) is 0. The summed E-state index contributed by atoms with van der Waals surface area (Å²) in [4.78, 5) is 11.5. The zero-order valence-electron chi connectivity index (χ0n) is 7.21. The number of aromatic nitrogens is 2. The molecule has 1 aromatic rings. The van der Waals surface area contributed by atoms with Gasteiger partial charge in [0.1, 0.15) is 5.82 Å². The Labute approximate surface area is 70.6 Å². The molecule has 0 aromatic carbocycles. The van der Waals surface area contributed by atoms with Gasteiger partial charge in [-0.15, -0.1) is 0 Å².